The van der Waals surface area contributed by atoms with Crippen molar-refractivity contribution in [3.63, 3.8) is 0 Å². The number of nitrogens with one attached hydrogen (secondary N) is 1. The van der Waals surface area contributed by atoms with Crippen LogP contribution in [0.1, 0.15) is 5.69 Å². The van der Waals surface area contributed by atoms with Gasteiger partial charge in [-0.15, -0.1) is 12.4 Å². The number of rotatable bonds is 3. The highest BCUT2D eigenvalue weighted by Gasteiger charge is 2.29. The Morgan fingerprint density at radius 1 is 1.00 bits per heavy atom. The number of thioether (sulfide) groups is 1. The molecule has 0 unspecified atom stereocenters. The fraction of sp³-hybridized carbons (Fsp3) is 0.222. The summed E-state index contributed by atoms with van der Waals surface area (Å²) in [7, 11) is 0. The molecule has 0 amide bonds. The van der Waals surface area contributed by atoms with E-state index in [-0.39, 0.29) is 29.1 Å². The van der Waals surface area contributed by atoms with E-state index in [1.807, 2.05) is 16.8 Å². The second-order valence-electron chi connectivity index (χ2n) is 5.88. The van der Waals surface area contributed by atoms with E-state index >= 15 is 0 Å². The molecule has 0 aliphatic carbocycles. The van der Waals surface area contributed by atoms with Crippen LogP contribution in [0.15, 0.2) is 53.7 Å². The van der Waals surface area contributed by atoms with Crippen LogP contribution in [-0.4, -0.2) is 26.8 Å². The van der Waals surface area contributed by atoms with Crippen LogP contribution in [0.25, 0.3) is 22.4 Å². The second kappa shape index (κ2) is 7.92. The van der Waals surface area contributed by atoms with Crippen LogP contribution in [0.3, 0.4) is 0 Å². The van der Waals surface area contributed by atoms with Crippen LogP contribution in [0, 0.1) is 0 Å². The minimum atomic E-state index is -4.29. The molecule has 27 heavy (non-hydrogen) atoms. The van der Waals surface area contributed by atoms with Crippen molar-refractivity contribution in [2.45, 2.75) is 23.5 Å². The number of aromatic nitrogens is 3. The molecule has 3 aromatic rings. The minimum Gasteiger partial charge on any atom is -0.309 e. The SMILES string of the molecule is Cl.FC(F)(F)Sc1ccc(-c2nn3c(c2-c2ccncc2)CNCC3)cc1. The van der Waals surface area contributed by atoms with Crippen molar-refractivity contribution in [1.82, 2.24) is 20.1 Å². The molecule has 142 valence electrons. The Labute approximate surface area is 164 Å². The Balaban J connectivity index is 0.00000210. The zero-order valence-electron chi connectivity index (χ0n) is 14.0. The number of fused-ring (bicyclic) bond motifs is 1. The van der Waals surface area contributed by atoms with E-state index in [4.69, 9.17) is 5.10 Å². The van der Waals surface area contributed by atoms with Crippen molar-refractivity contribution in [1.29, 1.82) is 0 Å². The van der Waals surface area contributed by atoms with Crippen molar-refractivity contribution in [2.75, 3.05) is 6.54 Å². The standard InChI is InChI=1S/C18H15F3N4S.ClH/c19-18(20,21)26-14-3-1-13(2-4-14)17-16(12-5-7-22-8-6-12)15-11-23-9-10-25(15)24-17;/h1-8,23H,9-11H2;1H. The van der Waals surface area contributed by atoms with Gasteiger partial charge < -0.3 is 5.32 Å². The molecule has 1 aromatic carbocycles. The Morgan fingerprint density at radius 3 is 2.37 bits per heavy atom. The van der Waals surface area contributed by atoms with Gasteiger partial charge >= 0.3 is 5.51 Å². The number of benzene rings is 1. The van der Waals surface area contributed by atoms with Gasteiger partial charge in [-0.2, -0.15) is 18.3 Å². The first-order valence-electron chi connectivity index (χ1n) is 8.08. The van der Waals surface area contributed by atoms with E-state index in [2.05, 4.69) is 10.3 Å². The lowest BCUT2D eigenvalue weighted by molar-refractivity contribution is -0.0328. The topological polar surface area (TPSA) is 42.7 Å². The zero-order valence-corrected chi connectivity index (χ0v) is 15.7. The van der Waals surface area contributed by atoms with Crippen molar-refractivity contribution < 1.29 is 13.2 Å². The van der Waals surface area contributed by atoms with Gasteiger partial charge in [0.2, 0.25) is 0 Å². The molecule has 0 spiro atoms. The molecule has 9 heteroatoms. The number of pyridine rings is 1. The molecule has 3 heterocycles. The lowest BCUT2D eigenvalue weighted by atomic mass is 9.99. The van der Waals surface area contributed by atoms with Crippen LogP contribution < -0.4 is 5.32 Å². The Bertz CT molecular complexity index is 911. The molecule has 0 fully saturated rings. The van der Waals surface area contributed by atoms with E-state index in [1.54, 1.807) is 24.5 Å². The van der Waals surface area contributed by atoms with Crippen LogP contribution in [0.4, 0.5) is 13.2 Å². The largest absolute Gasteiger partial charge is 0.446 e. The molecule has 2 aromatic heterocycles. The Hall–Kier alpha value is -2.03. The molecule has 0 radical (unpaired) electrons. The molecule has 0 bridgehead atoms. The summed E-state index contributed by atoms with van der Waals surface area (Å²) in [5.74, 6) is 0. The van der Waals surface area contributed by atoms with Gasteiger partial charge in [-0.1, -0.05) is 12.1 Å². The van der Waals surface area contributed by atoms with Gasteiger partial charge in [0.15, 0.2) is 0 Å². The first kappa shape index (κ1) is 19.7. The Morgan fingerprint density at radius 2 is 1.70 bits per heavy atom. The molecule has 0 saturated heterocycles. The minimum absolute atomic E-state index is 0. The fourth-order valence-electron chi connectivity index (χ4n) is 3.09. The third-order valence-electron chi connectivity index (χ3n) is 4.18. The highest BCUT2D eigenvalue weighted by atomic mass is 35.5. The van der Waals surface area contributed by atoms with Crippen molar-refractivity contribution in [3.05, 3.63) is 54.5 Å². The highest BCUT2D eigenvalue weighted by Crippen LogP contribution is 2.39. The van der Waals surface area contributed by atoms with E-state index in [0.29, 0.717) is 6.54 Å². The average Bonchev–Trinajstić information content (AvgIpc) is 3.01. The summed E-state index contributed by atoms with van der Waals surface area (Å²) in [6, 6.07) is 10.2. The summed E-state index contributed by atoms with van der Waals surface area (Å²) in [5, 5.41) is 8.07. The van der Waals surface area contributed by atoms with Gasteiger partial charge in [0.05, 0.1) is 12.2 Å². The number of halogens is 4. The molecule has 0 saturated carbocycles. The van der Waals surface area contributed by atoms with Gasteiger partial charge in [0.1, 0.15) is 5.69 Å². The average molecular weight is 413 g/mol. The molecule has 4 rings (SSSR count). The fourth-order valence-corrected chi connectivity index (χ4v) is 3.63. The predicted molar refractivity (Wildman–Crippen MR) is 102 cm³/mol. The van der Waals surface area contributed by atoms with Crippen LogP contribution >= 0.6 is 24.2 Å². The Kier molecular flexibility index (Phi) is 5.78. The van der Waals surface area contributed by atoms with Crippen LogP contribution in [0.2, 0.25) is 0 Å². The highest BCUT2D eigenvalue weighted by molar-refractivity contribution is 8.00. The molecule has 4 nitrogen and oxygen atoms in total. The summed E-state index contributed by atoms with van der Waals surface area (Å²) in [5.41, 5.74) is 0.350. The van der Waals surface area contributed by atoms with E-state index in [9.17, 15) is 13.2 Å². The van der Waals surface area contributed by atoms with Crippen LogP contribution in [0.5, 0.6) is 0 Å². The monoisotopic (exact) mass is 412 g/mol. The maximum Gasteiger partial charge on any atom is 0.446 e. The first-order valence-corrected chi connectivity index (χ1v) is 8.90. The number of alkyl halides is 3. The number of hydrogen-bond donors (Lipinski definition) is 1. The van der Waals surface area contributed by atoms with Crippen molar-refractivity contribution in [3.8, 4) is 22.4 Å². The third kappa shape index (κ3) is 4.28. The molecular formula is C18H16ClF3N4S. The van der Waals surface area contributed by atoms with E-state index < -0.39 is 5.51 Å². The van der Waals surface area contributed by atoms with Gasteiger partial charge in [-0.3, -0.25) is 9.67 Å². The molecule has 0 atom stereocenters. The smallest absolute Gasteiger partial charge is 0.309 e. The summed E-state index contributed by atoms with van der Waals surface area (Å²) in [4.78, 5) is 4.23. The quantitative estimate of drug-likeness (QED) is 0.630. The normalized spacial score (nSPS) is 13.7. The van der Waals surface area contributed by atoms with Gasteiger partial charge in [-0.05, 0) is 41.6 Å². The maximum absolute atomic E-state index is 12.5. The van der Waals surface area contributed by atoms with Crippen molar-refractivity contribution >= 4 is 24.2 Å². The van der Waals surface area contributed by atoms with Crippen LogP contribution in [-0.2, 0) is 13.1 Å². The van der Waals surface area contributed by atoms with Gasteiger partial charge in [0, 0.05) is 41.5 Å². The molecule has 1 aliphatic heterocycles. The second-order valence-corrected chi connectivity index (χ2v) is 7.02. The molecule has 1 N–H and O–H groups in total. The lowest BCUT2D eigenvalue weighted by Crippen LogP contribution is -2.28. The molecular weight excluding hydrogens is 397 g/mol. The first-order chi connectivity index (χ1) is 12.5. The third-order valence-corrected chi connectivity index (χ3v) is 4.92. The number of hydrogen-bond acceptors (Lipinski definition) is 4. The van der Waals surface area contributed by atoms with Crippen molar-refractivity contribution in [2.24, 2.45) is 0 Å². The summed E-state index contributed by atoms with van der Waals surface area (Å²) in [6.45, 7) is 2.30. The zero-order chi connectivity index (χ0) is 18.1. The maximum atomic E-state index is 12.5. The molecule has 1 aliphatic rings. The number of nitrogens with zero attached hydrogens (tertiary/aromatic N) is 3. The van der Waals surface area contributed by atoms with Gasteiger partial charge in [-0.25, -0.2) is 0 Å². The van der Waals surface area contributed by atoms with E-state index in [0.717, 1.165) is 41.2 Å². The predicted octanol–water partition coefficient (Wildman–Crippen LogP) is 4.75. The van der Waals surface area contributed by atoms with E-state index in [1.165, 1.54) is 12.1 Å². The summed E-state index contributed by atoms with van der Waals surface area (Å²) < 4.78 is 39.6. The summed E-state index contributed by atoms with van der Waals surface area (Å²) in [6.07, 6.45) is 3.45. The summed E-state index contributed by atoms with van der Waals surface area (Å²) >= 11 is -0.111. The lowest BCUT2D eigenvalue weighted by Gasteiger charge is -2.16. The van der Waals surface area contributed by atoms with Gasteiger partial charge in [0.25, 0.3) is 0 Å².